The average Bonchev–Trinajstić information content (AvgIpc) is 2.13. The summed E-state index contributed by atoms with van der Waals surface area (Å²) in [6.07, 6.45) is 0. The van der Waals surface area contributed by atoms with E-state index in [1.807, 2.05) is 19.1 Å². The van der Waals surface area contributed by atoms with E-state index >= 15 is 0 Å². The molecule has 0 aromatic heterocycles. The van der Waals surface area contributed by atoms with Gasteiger partial charge in [0.05, 0.1) is 5.69 Å². The molecule has 0 unspecified atom stereocenters. The molecule has 0 atom stereocenters. The zero-order valence-electron chi connectivity index (χ0n) is 9.73. The van der Waals surface area contributed by atoms with Crippen LogP contribution in [-0.2, 0) is 0 Å². The molecule has 88 valence electrons. The van der Waals surface area contributed by atoms with Gasteiger partial charge in [0, 0.05) is 30.1 Å². The Bertz CT molecular complexity index is 354. The molecule has 0 spiro atoms. The van der Waals surface area contributed by atoms with Crippen LogP contribution < -0.4 is 16.2 Å². The van der Waals surface area contributed by atoms with Gasteiger partial charge in [-0.25, -0.2) is 5.43 Å². The first-order valence-electron chi connectivity index (χ1n) is 5.54. The Morgan fingerprint density at radius 1 is 1.38 bits per heavy atom. The van der Waals surface area contributed by atoms with Crippen molar-refractivity contribution in [1.29, 1.82) is 0 Å². The molecule has 1 heterocycles. The largest absolute Gasteiger partial charge is 0.321 e. The number of rotatable bonds is 4. The second-order valence-electron chi connectivity index (χ2n) is 4.91. The number of benzene rings is 1. The first-order valence-corrected chi connectivity index (χ1v) is 5.92. The highest BCUT2D eigenvalue weighted by atomic mass is 35.5. The van der Waals surface area contributed by atoms with Crippen LogP contribution >= 0.6 is 11.6 Å². The van der Waals surface area contributed by atoms with Gasteiger partial charge in [0.2, 0.25) is 0 Å². The summed E-state index contributed by atoms with van der Waals surface area (Å²) < 4.78 is 0. The molecule has 1 aromatic rings. The predicted molar refractivity (Wildman–Crippen MR) is 68.8 cm³/mol. The maximum absolute atomic E-state index is 5.98. The molecule has 1 aromatic carbocycles. The summed E-state index contributed by atoms with van der Waals surface area (Å²) in [6, 6.07) is 5.94. The highest BCUT2D eigenvalue weighted by Crippen LogP contribution is 2.20. The van der Waals surface area contributed by atoms with E-state index in [0.29, 0.717) is 5.41 Å². The van der Waals surface area contributed by atoms with Gasteiger partial charge in [0.25, 0.3) is 0 Å². The molecular weight excluding hydrogens is 222 g/mol. The minimum absolute atomic E-state index is 0.376. The standard InChI is InChI=1S/C12H18ClN3/c1-9-3-10(13)5-11(4-9)16-15-8-12(2)6-14-7-12/h3-5,14-16H,6-8H2,1-2H3. The van der Waals surface area contributed by atoms with Gasteiger partial charge < -0.3 is 10.7 Å². The van der Waals surface area contributed by atoms with E-state index < -0.39 is 0 Å². The Hall–Kier alpha value is -0.770. The van der Waals surface area contributed by atoms with Gasteiger partial charge in [-0.2, -0.15) is 0 Å². The maximum Gasteiger partial charge on any atom is 0.0505 e. The van der Waals surface area contributed by atoms with Crippen LogP contribution in [0.5, 0.6) is 0 Å². The number of hydrazine groups is 1. The fraction of sp³-hybridized carbons (Fsp3) is 0.500. The Kier molecular flexibility index (Phi) is 3.38. The van der Waals surface area contributed by atoms with E-state index in [2.05, 4.69) is 29.2 Å². The summed E-state index contributed by atoms with van der Waals surface area (Å²) in [5.41, 5.74) is 8.99. The Morgan fingerprint density at radius 3 is 2.69 bits per heavy atom. The number of halogens is 1. The third kappa shape index (κ3) is 2.88. The number of anilines is 1. The summed E-state index contributed by atoms with van der Waals surface area (Å²) in [5, 5.41) is 4.04. The van der Waals surface area contributed by atoms with Crippen LogP contribution in [0.2, 0.25) is 5.02 Å². The van der Waals surface area contributed by atoms with Crippen molar-refractivity contribution < 1.29 is 0 Å². The lowest BCUT2D eigenvalue weighted by Gasteiger charge is -2.39. The molecule has 1 aliphatic heterocycles. The van der Waals surface area contributed by atoms with Crippen LogP contribution in [0.3, 0.4) is 0 Å². The van der Waals surface area contributed by atoms with E-state index in [9.17, 15) is 0 Å². The summed E-state index contributed by atoms with van der Waals surface area (Å²) in [6.45, 7) is 7.41. The summed E-state index contributed by atoms with van der Waals surface area (Å²) in [7, 11) is 0. The normalized spacial score (nSPS) is 17.9. The number of nitrogens with one attached hydrogen (secondary N) is 3. The van der Waals surface area contributed by atoms with Crippen molar-refractivity contribution in [1.82, 2.24) is 10.7 Å². The third-order valence-corrected chi connectivity index (χ3v) is 3.11. The lowest BCUT2D eigenvalue weighted by molar-refractivity contribution is 0.194. The lowest BCUT2D eigenvalue weighted by Crippen LogP contribution is -2.56. The number of hydrogen-bond donors (Lipinski definition) is 3. The van der Waals surface area contributed by atoms with Crippen molar-refractivity contribution in [2.24, 2.45) is 5.41 Å². The average molecular weight is 240 g/mol. The van der Waals surface area contributed by atoms with Crippen molar-refractivity contribution in [2.45, 2.75) is 13.8 Å². The van der Waals surface area contributed by atoms with Crippen LogP contribution in [0, 0.1) is 12.3 Å². The quantitative estimate of drug-likeness (QED) is 0.705. The SMILES string of the molecule is Cc1cc(Cl)cc(NNCC2(C)CNC2)c1. The fourth-order valence-corrected chi connectivity index (χ4v) is 2.13. The second-order valence-corrected chi connectivity index (χ2v) is 5.35. The van der Waals surface area contributed by atoms with Crippen LogP contribution in [0.25, 0.3) is 0 Å². The second kappa shape index (κ2) is 4.62. The van der Waals surface area contributed by atoms with Crippen molar-refractivity contribution in [2.75, 3.05) is 25.1 Å². The molecule has 0 aliphatic carbocycles. The van der Waals surface area contributed by atoms with Crippen LogP contribution in [0.1, 0.15) is 12.5 Å². The molecule has 1 fully saturated rings. The van der Waals surface area contributed by atoms with Crippen LogP contribution in [0.15, 0.2) is 18.2 Å². The van der Waals surface area contributed by atoms with E-state index in [1.54, 1.807) is 0 Å². The fourth-order valence-electron chi connectivity index (χ4n) is 1.84. The van der Waals surface area contributed by atoms with E-state index in [1.165, 1.54) is 0 Å². The molecule has 0 bridgehead atoms. The van der Waals surface area contributed by atoms with Gasteiger partial charge in [0.15, 0.2) is 0 Å². The Balaban J connectivity index is 1.84. The summed E-state index contributed by atoms with van der Waals surface area (Å²) in [4.78, 5) is 0. The lowest BCUT2D eigenvalue weighted by atomic mass is 9.84. The molecule has 0 amide bonds. The molecule has 1 saturated heterocycles. The van der Waals surface area contributed by atoms with Gasteiger partial charge in [-0.3, -0.25) is 0 Å². The Morgan fingerprint density at radius 2 is 2.12 bits per heavy atom. The minimum atomic E-state index is 0.376. The van der Waals surface area contributed by atoms with Gasteiger partial charge in [-0.15, -0.1) is 0 Å². The first-order chi connectivity index (χ1) is 7.57. The third-order valence-electron chi connectivity index (χ3n) is 2.89. The van der Waals surface area contributed by atoms with Crippen molar-refractivity contribution in [3.05, 3.63) is 28.8 Å². The predicted octanol–water partition coefficient (Wildman–Crippen LogP) is 2.17. The zero-order valence-corrected chi connectivity index (χ0v) is 10.5. The van der Waals surface area contributed by atoms with Gasteiger partial charge >= 0.3 is 0 Å². The highest BCUT2D eigenvalue weighted by Gasteiger charge is 2.30. The summed E-state index contributed by atoms with van der Waals surface area (Å²) >= 11 is 5.98. The molecule has 3 N–H and O–H groups in total. The highest BCUT2D eigenvalue weighted by molar-refractivity contribution is 6.30. The van der Waals surface area contributed by atoms with E-state index in [-0.39, 0.29) is 0 Å². The van der Waals surface area contributed by atoms with Crippen molar-refractivity contribution in [3.63, 3.8) is 0 Å². The van der Waals surface area contributed by atoms with E-state index in [4.69, 9.17) is 11.6 Å². The molecular formula is C12H18ClN3. The molecule has 3 nitrogen and oxygen atoms in total. The monoisotopic (exact) mass is 239 g/mol. The van der Waals surface area contributed by atoms with Crippen molar-refractivity contribution >= 4 is 17.3 Å². The number of hydrogen-bond acceptors (Lipinski definition) is 3. The molecule has 16 heavy (non-hydrogen) atoms. The number of aryl methyl sites for hydroxylation is 1. The zero-order chi connectivity index (χ0) is 11.6. The minimum Gasteiger partial charge on any atom is -0.321 e. The summed E-state index contributed by atoms with van der Waals surface area (Å²) in [5.74, 6) is 0. The van der Waals surface area contributed by atoms with E-state index in [0.717, 1.165) is 35.9 Å². The van der Waals surface area contributed by atoms with Gasteiger partial charge in [-0.05, 0) is 30.7 Å². The maximum atomic E-state index is 5.98. The molecule has 2 rings (SSSR count). The molecule has 0 radical (unpaired) electrons. The van der Waals surface area contributed by atoms with Gasteiger partial charge in [-0.1, -0.05) is 18.5 Å². The molecule has 4 heteroatoms. The van der Waals surface area contributed by atoms with Crippen LogP contribution in [0.4, 0.5) is 5.69 Å². The van der Waals surface area contributed by atoms with Gasteiger partial charge in [0.1, 0.15) is 0 Å². The molecule has 0 saturated carbocycles. The smallest absolute Gasteiger partial charge is 0.0505 e. The topological polar surface area (TPSA) is 36.1 Å². The van der Waals surface area contributed by atoms with Crippen molar-refractivity contribution in [3.8, 4) is 0 Å². The van der Waals surface area contributed by atoms with Crippen LogP contribution in [-0.4, -0.2) is 19.6 Å². The Labute approximate surface area is 102 Å². The first kappa shape index (κ1) is 11.7. The molecule has 1 aliphatic rings.